The first-order valence-corrected chi connectivity index (χ1v) is 28.5. The fourth-order valence-corrected chi connectivity index (χ4v) is 12.5. The van der Waals surface area contributed by atoms with Crippen LogP contribution in [0, 0.1) is 16.7 Å². The largest absolute Gasteiger partial charge is 0.481 e. The molecule has 1 amide bonds. The number of carbonyl (C=O) groups is 7. The molecule has 1 saturated heterocycles. The van der Waals surface area contributed by atoms with E-state index in [4.69, 9.17) is 28.8 Å². The standard InChI is InChI=1S/C47H51NO14.C16H32O2/c1-25-31(60-43(56)36(52)35(28-16-10-7-11-17-28)48-41(54)29-18-12-8-13-19-29)23-47(57)40(61-42(55)30-20-14-9-15-21-30)38-45(6,32(51)22-33-46(38,24-58-33)62-27(3)50)39(53)37(59-26(2)49)34(25)44(47,4)5;1-2-3-4-5-6-7-8-9-10-11-12-13-14-15-16(17)18/h7-21,31-33,35-38,40,51-52,57H,22-24H2,1-6H3,(H,48,54);2-15H2,1H3,(H,17,18)/t31-,32-,33+,35-,36+,37+,38?,40-,45+,46-,47+;/m0./s1. The molecule has 2 saturated carbocycles. The van der Waals surface area contributed by atoms with Crippen molar-refractivity contribution in [3.63, 3.8) is 0 Å². The summed E-state index contributed by atoms with van der Waals surface area (Å²) in [5, 5.41) is 48.7. The number of aliphatic carboxylic acids is 1. The Bertz CT molecular complexity index is 2640. The number of benzene rings is 3. The first kappa shape index (κ1) is 62.9. The number of aliphatic hydroxyl groups is 3. The van der Waals surface area contributed by atoms with Crippen molar-refractivity contribution in [2.45, 2.75) is 205 Å². The Balaban J connectivity index is 0.000000492. The number of carbonyl (C=O) groups excluding carboxylic acids is 6. The zero-order valence-electron chi connectivity index (χ0n) is 47.5. The van der Waals surface area contributed by atoms with Gasteiger partial charge in [0, 0.05) is 44.1 Å². The lowest BCUT2D eigenvalue weighted by Crippen LogP contribution is -2.82. The van der Waals surface area contributed by atoms with Crippen LogP contribution in [0.5, 0.6) is 0 Å². The van der Waals surface area contributed by atoms with Crippen LogP contribution >= 0.6 is 0 Å². The molecule has 1 unspecified atom stereocenters. The number of hydrogen-bond donors (Lipinski definition) is 5. The van der Waals surface area contributed by atoms with E-state index in [2.05, 4.69) is 12.2 Å². The summed E-state index contributed by atoms with van der Waals surface area (Å²) >= 11 is 0. The summed E-state index contributed by atoms with van der Waals surface area (Å²) in [6.07, 6.45) is 6.76. The summed E-state index contributed by atoms with van der Waals surface area (Å²) in [5.74, 6) is -7.50. The maximum absolute atomic E-state index is 15.5. The van der Waals surface area contributed by atoms with Crippen molar-refractivity contribution >= 4 is 41.5 Å². The number of carboxylic acid groups (broad SMARTS) is 1. The Labute approximate surface area is 470 Å². The molecule has 7 rings (SSSR count). The molecule has 3 fully saturated rings. The number of hydrogen-bond acceptors (Lipinski definition) is 15. The topological polar surface area (TPSA) is 259 Å². The smallest absolute Gasteiger partial charge is 0.338 e. The van der Waals surface area contributed by atoms with E-state index in [0.29, 0.717) is 12.0 Å². The van der Waals surface area contributed by atoms with Gasteiger partial charge in [-0.2, -0.15) is 0 Å². The Hall–Kier alpha value is -6.27. The fraction of sp³-hybridized carbons (Fsp3) is 0.571. The summed E-state index contributed by atoms with van der Waals surface area (Å²) in [7, 11) is 0. The molecule has 2 bridgehead atoms. The van der Waals surface area contributed by atoms with E-state index in [1.54, 1.807) is 92.7 Å². The molecular formula is C63H83NO16. The maximum Gasteiger partial charge on any atom is 0.338 e. The molecule has 3 aliphatic carbocycles. The normalized spacial score (nSPS) is 27.1. The van der Waals surface area contributed by atoms with Crippen LogP contribution in [-0.4, -0.2) is 116 Å². The second-order valence-electron chi connectivity index (χ2n) is 22.7. The zero-order chi connectivity index (χ0) is 58.4. The number of fused-ring (bicyclic) bond motifs is 5. The van der Waals surface area contributed by atoms with E-state index >= 15 is 4.79 Å². The third-order valence-corrected chi connectivity index (χ3v) is 17.0. The average molecular weight is 1110 g/mol. The third kappa shape index (κ3) is 14.1. The van der Waals surface area contributed by atoms with Gasteiger partial charge in [0.15, 0.2) is 23.6 Å². The van der Waals surface area contributed by atoms with Gasteiger partial charge in [0.2, 0.25) is 0 Å². The van der Waals surface area contributed by atoms with E-state index in [9.17, 15) is 44.1 Å². The van der Waals surface area contributed by atoms with Gasteiger partial charge in [0.25, 0.3) is 5.91 Å². The fourth-order valence-electron chi connectivity index (χ4n) is 12.5. The number of aliphatic hydroxyl groups excluding tert-OH is 2. The molecule has 80 heavy (non-hydrogen) atoms. The summed E-state index contributed by atoms with van der Waals surface area (Å²) < 4.78 is 30.3. The molecule has 1 heterocycles. The maximum atomic E-state index is 15.5. The number of amides is 1. The molecular weight excluding hydrogens is 1030 g/mol. The van der Waals surface area contributed by atoms with Gasteiger partial charge in [0.05, 0.1) is 35.6 Å². The lowest BCUT2D eigenvalue weighted by molar-refractivity contribution is -0.346. The minimum atomic E-state index is -2.39. The van der Waals surface area contributed by atoms with Gasteiger partial charge in [0.1, 0.15) is 23.9 Å². The van der Waals surface area contributed by atoms with Crippen LogP contribution in [0.3, 0.4) is 0 Å². The van der Waals surface area contributed by atoms with Gasteiger partial charge in [-0.3, -0.25) is 24.0 Å². The predicted octanol–water partition coefficient (Wildman–Crippen LogP) is 9.29. The van der Waals surface area contributed by atoms with E-state index in [-0.39, 0.29) is 35.3 Å². The molecule has 0 radical (unpaired) electrons. The highest BCUT2D eigenvalue weighted by Crippen LogP contribution is 2.64. The van der Waals surface area contributed by atoms with Gasteiger partial charge in [-0.25, -0.2) is 9.59 Å². The number of rotatable bonds is 24. The highest BCUT2D eigenvalue weighted by molar-refractivity contribution is 5.96. The second kappa shape index (κ2) is 27.9. The minimum absolute atomic E-state index is 0.00289. The molecule has 5 N–H and O–H groups in total. The summed E-state index contributed by atoms with van der Waals surface area (Å²) in [6, 6.07) is 22.9. The summed E-state index contributed by atoms with van der Waals surface area (Å²) in [6.45, 7) is 10.2. The molecule has 4 aliphatic rings. The van der Waals surface area contributed by atoms with Crippen molar-refractivity contribution in [3.8, 4) is 0 Å². The first-order chi connectivity index (χ1) is 38.0. The van der Waals surface area contributed by atoms with Crippen molar-refractivity contribution in [2.24, 2.45) is 16.7 Å². The molecule has 0 spiro atoms. The minimum Gasteiger partial charge on any atom is -0.481 e. The number of ether oxygens (including phenoxy) is 5. The van der Waals surface area contributed by atoms with Gasteiger partial charge in [-0.1, -0.05) is 165 Å². The first-order valence-electron chi connectivity index (χ1n) is 28.5. The van der Waals surface area contributed by atoms with Crippen molar-refractivity contribution in [1.29, 1.82) is 0 Å². The number of Topliss-reactive ketones (excluding diaryl/α,β-unsaturated/α-hetero) is 1. The van der Waals surface area contributed by atoms with Gasteiger partial charge >= 0.3 is 29.8 Å². The number of esters is 4. The van der Waals surface area contributed by atoms with Crippen molar-refractivity contribution in [2.75, 3.05) is 6.61 Å². The van der Waals surface area contributed by atoms with Gasteiger partial charge < -0.3 is 49.4 Å². The van der Waals surface area contributed by atoms with Crippen LogP contribution in [0.4, 0.5) is 0 Å². The molecule has 3 aromatic rings. The number of nitrogens with one attached hydrogen (secondary N) is 1. The van der Waals surface area contributed by atoms with Gasteiger partial charge in [-0.05, 0) is 61.2 Å². The lowest BCUT2D eigenvalue weighted by Gasteiger charge is -2.67. The molecule has 0 aromatic heterocycles. The molecule has 436 valence electrons. The zero-order valence-corrected chi connectivity index (χ0v) is 47.5. The third-order valence-electron chi connectivity index (χ3n) is 17.0. The summed E-state index contributed by atoms with van der Waals surface area (Å²) in [4.78, 5) is 93.8. The van der Waals surface area contributed by atoms with Crippen LogP contribution in [0.25, 0.3) is 0 Å². The lowest BCUT2D eigenvalue weighted by atomic mass is 9.44. The summed E-state index contributed by atoms with van der Waals surface area (Å²) in [5.41, 5.74) is -7.02. The van der Waals surface area contributed by atoms with Crippen LogP contribution in [0.1, 0.15) is 184 Å². The van der Waals surface area contributed by atoms with Crippen LogP contribution in [0.15, 0.2) is 102 Å². The van der Waals surface area contributed by atoms with E-state index in [1.807, 2.05) is 0 Å². The Morgan fingerprint density at radius 1 is 0.725 bits per heavy atom. The molecule has 3 aromatic carbocycles. The highest BCUT2D eigenvalue weighted by Gasteiger charge is 2.78. The monoisotopic (exact) mass is 1110 g/mol. The molecule has 11 atom stereocenters. The Morgan fingerprint density at radius 3 is 1.75 bits per heavy atom. The quantitative estimate of drug-likeness (QED) is 0.0242. The predicted molar refractivity (Wildman–Crippen MR) is 296 cm³/mol. The van der Waals surface area contributed by atoms with E-state index < -0.39 is 119 Å². The van der Waals surface area contributed by atoms with Crippen molar-refractivity contribution < 1.29 is 77.7 Å². The van der Waals surface area contributed by atoms with Crippen LogP contribution in [0.2, 0.25) is 0 Å². The van der Waals surface area contributed by atoms with Crippen LogP contribution < -0.4 is 5.32 Å². The van der Waals surface area contributed by atoms with Gasteiger partial charge in [-0.15, -0.1) is 0 Å². The highest BCUT2D eigenvalue weighted by atomic mass is 16.6. The van der Waals surface area contributed by atoms with Crippen LogP contribution in [-0.2, 0) is 47.7 Å². The second-order valence-corrected chi connectivity index (χ2v) is 22.7. The van der Waals surface area contributed by atoms with E-state index in [1.165, 1.54) is 96.6 Å². The Kier molecular flexibility index (Phi) is 22.0. The van der Waals surface area contributed by atoms with Crippen molar-refractivity contribution in [1.82, 2.24) is 5.32 Å². The Morgan fingerprint density at radius 2 is 1.25 bits per heavy atom. The molecule has 17 nitrogen and oxygen atoms in total. The number of carboxylic acids is 1. The molecule has 1 aliphatic heterocycles. The molecule has 17 heteroatoms. The number of ketones is 1. The average Bonchev–Trinajstić information content (AvgIpc) is 3.61. The van der Waals surface area contributed by atoms with E-state index in [0.717, 1.165) is 26.7 Å². The SMILES string of the molecule is CC(=O)O[C@H]1C(=O)[C@@]2(C)C([C@H](OC(=O)c3ccccc3)[C@]3(O)C[C@H](OC(=O)[C@H](O)[C@@H](NC(=O)c4ccccc4)c4ccccc4)C(C)=C1C3(C)C)[C@]1(OC(C)=O)CO[C@@H]1C[C@@H]2O.CCCCCCCCCCCCCCCC(=O)O. The van der Waals surface area contributed by atoms with Crippen molar-refractivity contribution in [3.05, 3.63) is 119 Å². The number of unbranched alkanes of at least 4 members (excludes halogenated alkanes) is 12.